The van der Waals surface area contributed by atoms with Gasteiger partial charge in [-0.3, -0.25) is 4.72 Å². The average molecular weight is 543 g/mol. The number of aromatic carboxylic acids is 1. The molecule has 0 saturated carbocycles. The summed E-state index contributed by atoms with van der Waals surface area (Å²) in [7, 11) is -4.07. The van der Waals surface area contributed by atoms with E-state index in [1.54, 1.807) is 48.5 Å². The molecular weight excluding hydrogens is 530 g/mol. The van der Waals surface area contributed by atoms with E-state index in [2.05, 4.69) is 42.5 Å². The molecule has 10 heteroatoms. The number of sulfonamides is 1. The molecule has 2 N–H and O–H groups in total. The van der Waals surface area contributed by atoms with Crippen LogP contribution in [0.4, 0.5) is 5.69 Å². The number of nitrogens with zero attached hydrogens (tertiary/aromatic N) is 2. The van der Waals surface area contributed by atoms with Crippen molar-refractivity contribution in [1.82, 2.24) is 9.97 Å². The number of fused-ring (bicyclic) bond motifs is 1. The van der Waals surface area contributed by atoms with Crippen LogP contribution in [0.2, 0.25) is 5.15 Å². The van der Waals surface area contributed by atoms with E-state index in [-0.39, 0.29) is 26.9 Å². The lowest BCUT2D eigenvalue weighted by atomic mass is 10.1. The largest absolute Gasteiger partial charge is 0.477 e. The summed E-state index contributed by atoms with van der Waals surface area (Å²) in [6.45, 7) is 0. The van der Waals surface area contributed by atoms with Crippen molar-refractivity contribution in [1.29, 1.82) is 0 Å². The number of rotatable bonds is 4. The monoisotopic (exact) mass is 541 g/mol. The predicted octanol–water partition coefficient (Wildman–Crippen LogP) is 4.94. The normalized spacial score (nSPS) is 11.0. The Morgan fingerprint density at radius 1 is 1.03 bits per heavy atom. The molecule has 0 fully saturated rings. The molecule has 0 atom stereocenters. The Morgan fingerprint density at radius 3 is 2.52 bits per heavy atom. The van der Waals surface area contributed by atoms with Crippen LogP contribution in [0.5, 0.6) is 0 Å². The lowest BCUT2D eigenvalue weighted by Gasteiger charge is -2.13. The zero-order valence-electron chi connectivity index (χ0n) is 16.6. The van der Waals surface area contributed by atoms with Crippen LogP contribution in [0, 0.1) is 11.8 Å². The van der Waals surface area contributed by atoms with Gasteiger partial charge in [-0.15, -0.1) is 0 Å². The van der Waals surface area contributed by atoms with Crippen LogP contribution in [0.15, 0.2) is 76.2 Å². The van der Waals surface area contributed by atoms with Gasteiger partial charge >= 0.3 is 5.97 Å². The molecule has 0 bridgehead atoms. The van der Waals surface area contributed by atoms with E-state index < -0.39 is 16.0 Å². The number of carboxylic acids is 1. The lowest BCUT2D eigenvalue weighted by molar-refractivity contribution is 0.0690. The minimum absolute atomic E-state index is 0.0429. The Hall–Kier alpha value is -3.45. The molecule has 2 aromatic heterocycles. The van der Waals surface area contributed by atoms with Crippen molar-refractivity contribution >= 4 is 60.1 Å². The molecule has 4 aromatic rings. The number of anilines is 1. The maximum Gasteiger partial charge on any atom is 0.354 e. The standard InChI is InChI=1S/C23H13BrClN3O4S/c24-17-10-8-16-9-12-20(25)27-21(16)22(17)33(31,32)28-18-4-2-1-3-15(18)7-5-14-6-11-19(23(29)30)26-13-14/h1-4,6,8-13,28H,(H,29,30). The second kappa shape index (κ2) is 9.19. The summed E-state index contributed by atoms with van der Waals surface area (Å²) in [5.74, 6) is 4.63. The molecule has 0 aliphatic carbocycles. The van der Waals surface area contributed by atoms with E-state index in [0.717, 1.165) is 0 Å². The van der Waals surface area contributed by atoms with Crippen LogP contribution < -0.4 is 4.72 Å². The molecule has 0 radical (unpaired) electrons. The smallest absolute Gasteiger partial charge is 0.354 e. The van der Waals surface area contributed by atoms with Crippen molar-refractivity contribution in [3.05, 3.63) is 93.3 Å². The highest BCUT2D eigenvalue weighted by Gasteiger charge is 2.23. The number of benzene rings is 2. The first-order valence-corrected chi connectivity index (χ1v) is 12.0. The molecule has 164 valence electrons. The maximum absolute atomic E-state index is 13.3. The van der Waals surface area contributed by atoms with E-state index in [9.17, 15) is 13.2 Å². The fraction of sp³-hybridized carbons (Fsp3) is 0. The Balaban J connectivity index is 1.72. The SMILES string of the molecule is O=C(O)c1ccc(C#Cc2ccccc2NS(=O)(=O)c2c(Br)ccc3ccc(Cl)nc23)cn1. The summed E-state index contributed by atoms with van der Waals surface area (Å²) in [5.41, 5.74) is 1.31. The van der Waals surface area contributed by atoms with Gasteiger partial charge in [-0.1, -0.05) is 41.6 Å². The molecule has 33 heavy (non-hydrogen) atoms. The molecule has 2 heterocycles. The molecule has 0 aliphatic heterocycles. The molecule has 0 amide bonds. The Labute approximate surface area is 202 Å². The summed E-state index contributed by atoms with van der Waals surface area (Å²) < 4.78 is 29.6. The highest BCUT2D eigenvalue weighted by Crippen LogP contribution is 2.32. The first kappa shape index (κ1) is 22.7. The minimum atomic E-state index is -4.07. The van der Waals surface area contributed by atoms with Gasteiger partial charge in [0, 0.05) is 27.2 Å². The number of pyridine rings is 2. The quantitative estimate of drug-likeness (QED) is 0.279. The lowest BCUT2D eigenvalue weighted by Crippen LogP contribution is -2.15. The Bertz CT molecular complexity index is 1560. The number of nitrogens with one attached hydrogen (secondary N) is 1. The van der Waals surface area contributed by atoms with E-state index >= 15 is 0 Å². The summed E-state index contributed by atoms with van der Waals surface area (Å²) in [6, 6.07) is 16.2. The first-order chi connectivity index (χ1) is 15.7. The topological polar surface area (TPSA) is 109 Å². The van der Waals surface area contributed by atoms with Gasteiger partial charge in [0.1, 0.15) is 15.7 Å². The number of hydrogen-bond donors (Lipinski definition) is 2. The zero-order chi connectivity index (χ0) is 23.6. The summed E-state index contributed by atoms with van der Waals surface area (Å²) in [4.78, 5) is 18.9. The van der Waals surface area contributed by atoms with Gasteiger partial charge in [0.2, 0.25) is 0 Å². The number of hydrogen-bond acceptors (Lipinski definition) is 5. The summed E-state index contributed by atoms with van der Waals surface area (Å²) >= 11 is 9.32. The number of para-hydroxylation sites is 1. The van der Waals surface area contributed by atoms with Crippen molar-refractivity contribution in [3.63, 3.8) is 0 Å². The predicted molar refractivity (Wildman–Crippen MR) is 129 cm³/mol. The molecule has 0 aliphatic rings. The number of carboxylic acid groups (broad SMARTS) is 1. The average Bonchev–Trinajstić information content (AvgIpc) is 2.78. The van der Waals surface area contributed by atoms with E-state index in [4.69, 9.17) is 16.7 Å². The molecule has 2 aromatic carbocycles. The van der Waals surface area contributed by atoms with Crippen molar-refractivity contribution in [2.45, 2.75) is 4.90 Å². The fourth-order valence-electron chi connectivity index (χ4n) is 2.98. The fourth-order valence-corrected chi connectivity index (χ4v) is 5.40. The van der Waals surface area contributed by atoms with Crippen molar-refractivity contribution in [2.24, 2.45) is 0 Å². The van der Waals surface area contributed by atoms with Crippen molar-refractivity contribution < 1.29 is 18.3 Å². The van der Waals surface area contributed by atoms with Gasteiger partial charge in [0.25, 0.3) is 10.0 Å². The second-order valence-electron chi connectivity index (χ2n) is 6.72. The Morgan fingerprint density at radius 2 is 1.79 bits per heavy atom. The molecule has 0 saturated heterocycles. The first-order valence-electron chi connectivity index (χ1n) is 9.32. The number of aromatic nitrogens is 2. The van der Waals surface area contributed by atoms with Crippen LogP contribution >= 0.6 is 27.5 Å². The highest BCUT2D eigenvalue weighted by molar-refractivity contribution is 9.10. The van der Waals surface area contributed by atoms with E-state index in [0.29, 0.717) is 21.0 Å². The maximum atomic E-state index is 13.3. The molecule has 7 nitrogen and oxygen atoms in total. The third kappa shape index (κ3) is 4.98. The highest BCUT2D eigenvalue weighted by atomic mass is 79.9. The van der Waals surface area contributed by atoms with Gasteiger partial charge in [0.05, 0.1) is 11.2 Å². The summed E-state index contributed by atoms with van der Waals surface area (Å²) in [5, 5.41) is 9.73. The van der Waals surface area contributed by atoms with Crippen LogP contribution in [-0.2, 0) is 10.0 Å². The zero-order valence-corrected chi connectivity index (χ0v) is 19.7. The molecule has 0 spiro atoms. The molecule has 0 unspecified atom stereocenters. The summed E-state index contributed by atoms with van der Waals surface area (Å²) in [6.07, 6.45) is 1.34. The molecular formula is C23H13BrClN3O4S. The van der Waals surface area contributed by atoms with Gasteiger partial charge < -0.3 is 5.11 Å². The number of carbonyl (C=O) groups is 1. The number of halogens is 2. The van der Waals surface area contributed by atoms with Crippen LogP contribution in [-0.4, -0.2) is 29.5 Å². The van der Waals surface area contributed by atoms with Crippen LogP contribution in [0.25, 0.3) is 10.9 Å². The van der Waals surface area contributed by atoms with E-state index in [1.165, 1.54) is 18.3 Å². The minimum Gasteiger partial charge on any atom is -0.477 e. The third-order valence-corrected chi connectivity index (χ3v) is 7.07. The second-order valence-corrected chi connectivity index (χ2v) is 9.58. The third-order valence-electron chi connectivity index (χ3n) is 4.50. The van der Waals surface area contributed by atoms with Gasteiger partial charge in [0.15, 0.2) is 0 Å². The van der Waals surface area contributed by atoms with Crippen LogP contribution in [0.1, 0.15) is 21.6 Å². The van der Waals surface area contributed by atoms with Gasteiger partial charge in [-0.2, -0.15) is 0 Å². The van der Waals surface area contributed by atoms with E-state index in [1.807, 2.05) is 0 Å². The molecule has 4 rings (SSSR count). The van der Waals surface area contributed by atoms with Gasteiger partial charge in [-0.25, -0.2) is 23.2 Å². The van der Waals surface area contributed by atoms with Crippen LogP contribution in [0.3, 0.4) is 0 Å². The van der Waals surface area contributed by atoms with Crippen molar-refractivity contribution in [3.8, 4) is 11.8 Å². The van der Waals surface area contributed by atoms with Crippen molar-refractivity contribution in [2.75, 3.05) is 4.72 Å². The van der Waals surface area contributed by atoms with Gasteiger partial charge in [-0.05, 0) is 58.4 Å². The Kier molecular flexibility index (Phi) is 6.33.